The zero-order valence-corrected chi connectivity index (χ0v) is 16.6. The van der Waals surface area contributed by atoms with Crippen LogP contribution in [0.15, 0.2) is 16.7 Å². The molecule has 0 fully saturated rings. The summed E-state index contributed by atoms with van der Waals surface area (Å²) in [7, 11) is 3.49. The van der Waals surface area contributed by atoms with Crippen LogP contribution in [0.25, 0.3) is 12.2 Å². The van der Waals surface area contributed by atoms with E-state index in [1.165, 1.54) is 0 Å². The fourth-order valence-corrected chi connectivity index (χ4v) is 2.46. The maximum absolute atomic E-state index is 6.36. The highest BCUT2D eigenvalue weighted by molar-refractivity contribution is 6.32. The van der Waals surface area contributed by atoms with Gasteiger partial charge < -0.3 is 19.3 Å². The van der Waals surface area contributed by atoms with Gasteiger partial charge in [-0.05, 0) is 43.7 Å². The van der Waals surface area contributed by atoms with Crippen LogP contribution in [-0.2, 0) is 6.42 Å². The van der Waals surface area contributed by atoms with E-state index in [-0.39, 0.29) is 6.04 Å². The summed E-state index contributed by atoms with van der Waals surface area (Å²) < 4.78 is 16.4. The molecule has 0 aliphatic rings. The minimum atomic E-state index is 0.283. The largest absolute Gasteiger partial charge is 0.493 e. The number of methoxy groups -OCH3 is 1. The molecule has 0 saturated carbocycles. The molecule has 0 radical (unpaired) electrons. The minimum absolute atomic E-state index is 0.283. The van der Waals surface area contributed by atoms with E-state index in [1.807, 2.05) is 25.3 Å². The third kappa shape index (κ3) is 5.75. The number of benzene rings is 1. The number of halogens is 1. The molecule has 1 unspecified atom stereocenters. The van der Waals surface area contributed by atoms with Crippen molar-refractivity contribution in [3.05, 3.63) is 34.4 Å². The zero-order valence-electron chi connectivity index (χ0n) is 15.9. The van der Waals surface area contributed by atoms with Gasteiger partial charge in [0, 0.05) is 18.5 Å². The first-order valence-corrected chi connectivity index (χ1v) is 8.99. The average molecular weight is 380 g/mol. The normalized spacial score (nSPS) is 12.7. The highest BCUT2D eigenvalue weighted by Gasteiger charge is 2.12. The van der Waals surface area contributed by atoms with E-state index in [1.54, 1.807) is 13.2 Å². The Kier molecular flexibility index (Phi) is 7.48. The standard InChI is InChI=1S/C19H26ClN3O3/c1-12(2)11-25-19-15(20)9-14(10-16(19)24-5)6-7-18-22-17(23-26-18)8-13(3)21-4/h6-7,9-10,12-13,21H,8,11H2,1-5H3/b7-6+. The Balaban J connectivity index is 2.14. The molecule has 142 valence electrons. The molecule has 1 aromatic carbocycles. The maximum Gasteiger partial charge on any atom is 0.250 e. The minimum Gasteiger partial charge on any atom is -0.493 e. The van der Waals surface area contributed by atoms with Crippen molar-refractivity contribution in [1.29, 1.82) is 0 Å². The van der Waals surface area contributed by atoms with Crippen LogP contribution < -0.4 is 14.8 Å². The quantitative estimate of drug-likeness (QED) is 0.707. The zero-order chi connectivity index (χ0) is 19.1. The van der Waals surface area contributed by atoms with Crippen LogP contribution in [0.4, 0.5) is 0 Å². The van der Waals surface area contributed by atoms with Gasteiger partial charge in [-0.3, -0.25) is 0 Å². The van der Waals surface area contributed by atoms with Crippen LogP contribution >= 0.6 is 11.6 Å². The first-order chi connectivity index (χ1) is 12.4. The number of rotatable bonds is 9. The van der Waals surface area contributed by atoms with E-state index < -0.39 is 0 Å². The third-order valence-corrected chi connectivity index (χ3v) is 3.98. The summed E-state index contributed by atoms with van der Waals surface area (Å²) >= 11 is 6.36. The van der Waals surface area contributed by atoms with Crippen molar-refractivity contribution >= 4 is 23.8 Å². The number of ether oxygens (including phenoxy) is 2. The van der Waals surface area contributed by atoms with E-state index in [0.717, 1.165) is 5.56 Å². The van der Waals surface area contributed by atoms with Gasteiger partial charge in [-0.15, -0.1) is 0 Å². The van der Waals surface area contributed by atoms with Gasteiger partial charge in [0.25, 0.3) is 5.89 Å². The summed E-state index contributed by atoms with van der Waals surface area (Å²) in [6.45, 7) is 6.78. The Hall–Kier alpha value is -2.05. The fraction of sp³-hybridized carbons (Fsp3) is 0.474. The summed E-state index contributed by atoms with van der Waals surface area (Å²) in [5, 5.41) is 7.62. The van der Waals surface area contributed by atoms with Crippen LogP contribution in [0.2, 0.25) is 5.02 Å². The van der Waals surface area contributed by atoms with E-state index in [9.17, 15) is 0 Å². The van der Waals surface area contributed by atoms with Crippen LogP contribution in [0, 0.1) is 5.92 Å². The van der Waals surface area contributed by atoms with Crippen molar-refractivity contribution in [3.8, 4) is 11.5 Å². The van der Waals surface area contributed by atoms with Gasteiger partial charge in [0.05, 0.1) is 18.7 Å². The molecule has 1 heterocycles. The van der Waals surface area contributed by atoms with Crippen LogP contribution in [-0.4, -0.2) is 36.9 Å². The Bertz CT molecular complexity index is 744. The molecule has 2 aromatic rings. The fourth-order valence-electron chi connectivity index (χ4n) is 2.19. The lowest BCUT2D eigenvalue weighted by Gasteiger charge is -2.14. The first-order valence-electron chi connectivity index (χ1n) is 8.61. The van der Waals surface area contributed by atoms with Crippen LogP contribution in [0.3, 0.4) is 0 Å². The summed E-state index contributed by atoms with van der Waals surface area (Å²) in [4.78, 5) is 4.35. The Morgan fingerprint density at radius 3 is 2.69 bits per heavy atom. The third-order valence-electron chi connectivity index (χ3n) is 3.70. The van der Waals surface area contributed by atoms with Crippen molar-refractivity contribution in [3.63, 3.8) is 0 Å². The van der Waals surface area contributed by atoms with E-state index in [4.69, 9.17) is 25.6 Å². The number of likely N-dealkylation sites (N-methyl/N-ethyl adjacent to an activating group) is 1. The SMILES string of the molecule is CNC(C)Cc1noc(/C=C/c2cc(Cl)c(OCC(C)C)c(OC)c2)n1. The van der Waals surface area contributed by atoms with Crippen molar-refractivity contribution in [2.24, 2.45) is 5.92 Å². The number of hydrogen-bond acceptors (Lipinski definition) is 6. The average Bonchev–Trinajstić information content (AvgIpc) is 3.05. The lowest BCUT2D eigenvalue weighted by Crippen LogP contribution is -2.24. The molecule has 6 nitrogen and oxygen atoms in total. The highest BCUT2D eigenvalue weighted by atomic mass is 35.5. The van der Waals surface area contributed by atoms with Gasteiger partial charge >= 0.3 is 0 Å². The van der Waals surface area contributed by atoms with Crippen molar-refractivity contribution in [1.82, 2.24) is 15.5 Å². The van der Waals surface area contributed by atoms with Gasteiger partial charge in [0.15, 0.2) is 17.3 Å². The highest BCUT2D eigenvalue weighted by Crippen LogP contribution is 2.37. The Labute approximate surface area is 159 Å². The lowest BCUT2D eigenvalue weighted by atomic mass is 10.2. The molecule has 26 heavy (non-hydrogen) atoms. The van der Waals surface area contributed by atoms with Crippen molar-refractivity contribution in [2.75, 3.05) is 20.8 Å². The molecule has 0 saturated heterocycles. The second-order valence-electron chi connectivity index (χ2n) is 6.51. The second-order valence-corrected chi connectivity index (χ2v) is 6.92. The van der Waals surface area contributed by atoms with Gasteiger partial charge in [0.1, 0.15) is 0 Å². The van der Waals surface area contributed by atoms with Gasteiger partial charge in [0.2, 0.25) is 0 Å². The van der Waals surface area contributed by atoms with E-state index >= 15 is 0 Å². The monoisotopic (exact) mass is 379 g/mol. The predicted molar refractivity (Wildman–Crippen MR) is 104 cm³/mol. The van der Waals surface area contributed by atoms with Gasteiger partial charge in [-0.1, -0.05) is 30.6 Å². The number of aromatic nitrogens is 2. The smallest absolute Gasteiger partial charge is 0.250 e. The summed E-state index contributed by atoms with van der Waals surface area (Å²) in [5.74, 6) is 2.65. The van der Waals surface area contributed by atoms with Gasteiger partial charge in [-0.25, -0.2) is 0 Å². The lowest BCUT2D eigenvalue weighted by molar-refractivity contribution is 0.257. The molecular weight excluding hydrogens is 354 g/mol. The molecule has 1 aromatic heterocycles. The molecule has 0 aliphatic carbocycles. The van der Waals surface area contributed by atoms with Crippen molar-refractivity contribution in [2.45, 2.75) is 33.2 Å². The van der Waals surface area contributed by atoms with Gasteiger partial charge in [-0.2, -0.15) is 4.98 Å². The molecule has 7 heteroatoms. The molecule has 0 bridgehead atoms. The number of nitrogens with one attached hydrogen (secondary N) is 1. The molecular formula is C19H26ClN3O3. The number of nitrogens with zero attached hydrogens (tertiary/aromatic N) is 2. The molecule has 2 rings (SSSR count). The summed E-state index contributed by atoms with van der Waals surface area (Å²) in [5.41, 5.74) is 0.854. The molecule has 0 spiro atoms. The Morgan fingerprint density at radius 1 is 1.27 bits per heavy atom. The van der Waals surface area contributed by atoms with E-state index in [2.05, 4.69) is 36.2 Å². The van der Waals surface area contributed by atoms with E-state index in [0.29, 0.717) is 47.2 Å². The molecule has 0 aliphatic heterocycles. The summed E-state index contributed by atoms with van der Waals surface area (Å²) in [6, 6.07) is 3.96. The molecule has 1 N–H and O–H groups in total. The molecule has 1 atom stereocenters. The first kappa shape index (κ1) is 20.3. The molecule has 0 amide bonds. The summed E-state index contributed by atoms with van der Waals surface area (Å²) in [6.07, 6.45) is 4.30. The predicted octanol–water partition coefficient (Wildman–Crippen LogP) is 4.09. The Morgan fingerprint density at radius 2 is 2.04 bits per heavy atom. The van der Waals surface area contributed by atoms with Crippen molar-refractivity contribution < 1.29 is 14.0 Å². The topological polar surface area (TPSA) is 69.4 Å². The van der Waals surface area contributed by atoms with Crippen LogP contribution in [0.5, 0.6) is 11.5 Å². The second kappa shape index (κ2) is 9.59. The number of hydrogen-bond donors (Lipinski definition) is 1. The van der Waals surface area contributed by atoms with Crippen LogP contribution in [0.1, 0.15) is 38.0 Å². The maximum atomic E-state index is 6.36.